The Labute approximate surface area is 96.4 Å². The van der Waals surface area contributed by atoms with Crippen LogP contribution in [0.4, 0.5) is 0 Å². The smallest absolute Gasteiger partial charge is 0.00939 e. The molecular weight excluding hydrogens is 184 g/mol. The van der Waals surface area contributed by atoms with E-state index in [2.05, 4.69) is 37.9 Å². The van der Waals surface area contributed by atoms with Gasteiger partial charge in [0.2, 0.25) is 0 Å². The Morgan fingerprint density at radius 2 is 1.93 bits per heavy atom. The molecule has 2 heteroatoms. The first-order valence-corrected chi connectivity index (χ1v) is 6.64. The van der Waals surface area contributed by atoms with Gasteiger partial charge in [0.25, 0.3) is 0 Å². The molecule has 2 nitrogen and oxygen atoms in total. The first kappa shape index (κ1) is 14.9. The Hall–Kier alpha value is -0.0800. The van der Waals surface area contributed by atoms with E-state index in [4.69, 9.17) is 0 Å². The van der Waals surface area contributed by atoms with Crippen LogP contribution in [0.1, 0.15) is 54.4 Å². The Bertz CT molecular complexity index is 145. The van der Waals surface area contributed by atoms with Gasteiger partial charge in [-0.3, -0.25) is 4.90 Å². The summed E-state index contributed by atoms with van der Waals surface area (Å²) in [4.78, 5) is 2.60. The summed E-state index contributed by atoms with van der Waals surface area (Å²) in [6, 6.07) is 2.21. The first-order chi connectivity index (χ1) is 7.15. The molecule has 0 aromatic carbocycles. The zero-order valence-corrected chi connectivity index (χ0v) is 11.5. The number of hydrogen-bond acceptors (Lipinski definition) is 2. The predicted octanol–water partition coefficient (Wildman–Crippen LogP) is 2.88. The highest BCUT2D eigenvalue weighted by Gasteiger charge is 2.25. The van der Waals surface area contributed by atoms with Crippen LogP contribution in [0.3, 0.4) is 0 Å². The maximum Gasteiger partial charge on any atom is 0.00939 e. The molecule has 1 rings (SSSR count). The molecule has 2 atom stereocenters. The van der Waals surface area contributed by atoms with Gasteiger partial charge in [-0.05, 0) is 40.2 Å². The SMILES string of the molecule is CC.CCNC1CCN(C(C)C)C(C)C1. The quantitative estimate of drug-likeness (QED) is 0.777. The largest absolute Gasteiger partial charge is 0.314 e. The normalized spacial score (nSPS) is 27.4. The monoisotopic (exact) mass is 214 g/mol. The van der Waals surface area contributed by atoms with Crippen molar-refractivity contribution in [2.45, 2.75) is 72.5 Å². The van der Waals surface area contributed by atoms with Crippen molar-refractivity contribution in [3.8, 4) is 0 Å². The fourth-order valence-electron chi connectivity index (χ4n) is 2.43. The third-order valence-corrected chi connectivity index (χ3v) is 3.08. The van der Waals surface area contributed by atoms with Crippen LogP contribution in [0.2, 0.25) is 0 Å². The first-order valence-electron chi connectivity index (χ1n) is 6.64. The molecule has 1 heterocycles. The van der Waals surface area contributed by atoms with Crippen molar-refractivity contribution in [2.75, 3.05) is 13.1 Å². The zero-order valence-electron chi connectivity index (χ0n) is 11.5. The summed E-state index contributed by atoms with van der Waals surface area (Å²) in [5, 5.41) is 3.55. The standard InChI is InChI=1S/C11H24N2.C2H6/c1-5-12-11-6-7-13(9(2)3)10(4)8-11;1-2/h9-12H,5-8H2,1-4H3;1-2H3. The Balaban J connectivity index is 0.000000921. The third-order valence-electron chi connectivity index (χ3n) is 3.08. The number of rotatable bonds is 3. The summed E-state index contributed by atoms with van der Waals surface area (Å²) in [6.07, 6.45) is 2.63. The van der Waals surface area contributed by atoms with Gasteiger partial charge in [0.1, 0.15) is 0 Å². The molecule has 0 aromatic rings. The van der Waals surface area contributed by atoms with Crippen LogP contribution in [0, 0.1) is 0 Å². The van der Waals surface area contributed by atoms with Crippen molar-refractivity contribution in [1.82, 2.24) is 10.2 Å². The molecule has 15 heavy (non-hydrogen) atoms. The van der Waals surface area contributed by atoms with Gasteiger partial charge in [0.15, 0.2) is 0 Å². The molecule has 0 radical (unpaired) electrons. The lowest BCUT2D eigenvalue weighted by Crippen LogP contribution is -2.49. The highest BCUT2D eigenvalue weighted by Crippen LogP contribution is 2.19. The van der Waals surface area contributed by atoms with Crippen LogP contribution < -0.4 is 5.32 Å². The summed E-state index contributed by atoms with van der Waals surface area (Å²) in [6.45, 7) is 15.5. The van der Waals surface area contributed by atoms with Gasteiger partial charge in [0, 0.05) is 24.7 Å². The van der Waals surface area contributed by atoms with Gasteiger partial charge in [0.05, 0.1) is 0 Å². The van der Waals surface area contributed by atoms with Crippen LogP contribution in [-0.4, -0.2) is 36.1 Å². The fraction of sp³-hybridized carbons (Fsp3) is 1.00. The van der Waals surface area contributed by atoms with Crippen LogP contribution in [0.15, 0.2) is 0 Å². The molecule has 1 N–H and O–H groups in total. The van der Waals surface area contributed by atoms with Crippen molar-refractivity contribution < 1.29 is 0 Å². The minimum Gasteiger partial charge on any atom is -0.314 e. The predicted molar refractivity (Wildman–Crippen MR) is 69.4 cm³/mol. The van der Waals surface area contributed by atoms with E-state index in [0.717, 1.165) is 18.6 Å². The van der Waals surface area contributed by atoms with Crippen molar-refractivity contribution in [1.29, 1.82) is 0 Å². The lowest BCUT2D eigenvalue weighted by molar-refractivity contribution is 0.104. The minimum absolute atomic E-state index is 0.706. The maximum atomic E-state index is 3.55. The van der Waals surface area contributed by atoms with Gasteiger partial charge in [-0.15, -0.1) is 0 Å². The summed E-state index contributed by atoms with van der Waals surface area (Å²) < 4.78 is 0. The highest BCUT2D eigenvalue weighted by molar-refractivity contribution is 4.84. The lowest BCUT2D eigenvalue weighted by atomic mass is 9.97. The van der Waals surface area contributed by atoms with Gasteiger partial charge in [-0.25, -0.2) is 0 Å². The second-order valence-corrected chi connectivity index (χ2v) is 4.46. The van der Waals surface area contributed by atoms with Crippen LogP contribution in [-0.2, 0) is 0 Å². The van der Waals surface area contributed by atoms with Crippen molar-refractivity contribution in [2.24, 2.45) is 0 Å². The zero-order chi connectivity index (χ0) is 11.8. The van der Waals surface area contributed by atoms with E-state index in [1.54, 1.807) is 0 Å². The Morgan fingerprint density at radius 3 is 2.33 bits per heavy atom. The van der Waals surface area contributed by atoms with E-state index in [1.165, 1.54) is 19.4 Å². The molecular formula is C13H30N2. The molecule has 0 spiro atoms. The third kappa shape index (κ3) is 4.98. The van der Waals surface area contributed by atoms with Gasteiger partial charge >= 0.3 is 0 Å². The van der Waals surface area contributed by atoms with Crippen LogP contribution in [0.25, 0.3) is 0 Å². The molecule has 0 aromatic heterocycles. The van der Waals surface area contributed by atoms with E-state index in [9.17, 15) is 0 Å². The number of likely N-dealkylation sites (tertiary alicyclic amines) is 1. The van der Waals surface area contributed by atoms with E-state index < -0.39 is 0 Å². The van der Waals surface area contributed by atoms with E-state index in [0.29, 0.717) is 6.04 Å². The maximum absolute atomic E-state index is 3.55. The molecule has 0 bridgehead atoms. The number of piperidine rings is 1. The average molecular weight is 214 g/mol. The molecule has 2 unspecified atom stereocenters. The molecule has 1 aliphatic heterocycles. The molecule has 1 fully saturated rings. The number of nitrogens with zero attached hydrogens (tertiary/aromatic N) is 1. The Kier molecular flexibility index (Phi) is 8.07. The number of nitrogens with one attached hydrogen (secondary N) is 1. The lowest BCUT2D eigenvalue weighted by Gasteiger charge is -2.40. The summed E-state index contributed by atoms with van der Waals surface area (Å²) in [5.41, 5.74) is 0. The van der Waals surface area contributed by atoms with Crippen molar-refractivity contribution in [3.05, 3.63) is 0 Å². The molecule has 0 aliphatic carbocycles. The van der Waals surface area contributed by atoms with Crippen LogP contribution >= 0.6 is 0 Å². The molecule has 92 valence electrons. The average Bonchev–Trinajstić information content (AvgIpc) is 2.21. The second kappa shape index (κ2) is 8.12. The Morgan fingerprint density at radius 1 is 1.33 bits per heavy atom. The fourth-order valence-corrected chi connectivity index (χ4v) is 2.43. The summed E-state index contributed by atoms with van der Waals surface area (Å²) in [5.74, 6) is 0. The molecule has 1 aliphatic rings. The molecule has 0 amide bonds. The van der Waals surface area contributed by atoms with E-state index in [-0.39, 0.29) is 0 Å². The minimum atomic E-state index is 0.706. The van der Waals surface area contributed by atoms with Crippen molar-refractivity contribution in [3.63, 3.8) is 0 Å². The van der Waals surface area contributed by atoms with Crippen LogP contribution in [0.5, 0.6) is 0 Å². The summed E-state index contributed by atoms with van der Waals surface area (Å²) in [7, 11) is 0. The topological polar surface area (TPSA) is 15.3 Å². The van der Waals surface area contributed by atoms with Gasteiger partial charge < -0.3 is 5.32 Å². The highest BCUT2D eigenvalue weighted by atomic mass is 15.2. The molecule has 0 saturated carbocycles. The molecule has 1 saturated heterocycles. The van der Waals surface area contributed by atoms with E-state index in [1.807, 2.05) is 13.8 Å². The van der Waals surface area contributed by atoms with E-state index >= 15 is 0 Å². The number of hydrogen-bond donors (Lipinski definition) is 1. The van der Waals surface area contributed by atoms with Gasteiger partial charge in [-0.2, -0.15) is 0 Å². The second-order valence-electron chi connectivity index (χ2n) is 4.46. The van der Waals surface area contributed by atoms with Gasteiger partial charge in [-0.1, -0.05) is 20.8 Å². The van der Waals surface area contributed by atoms with Crippen molar-refractivity contribution >= 4 is 0 Å². The summed E-state index contributed by atoms with van der Waals surface area (Å²) >= 11 is 0.